The van der Waals surface area contributed by atoms with Crippen LogP contribution in [0.4, 0.5) is 5.69 Å². The molecule has 0 atom stereocenters. The Kier molecular flexibility index (Phi) is 6.51. The molecule has 0 saturated carbocycles. The standard InChI is InChI=1S/C22H22N2O4S/c1-24(19-8-4-2-5-9-19)29(26,27)21-14-12-18(13-15-21)22(25)23-16-17-28-20-10-6-3-7-11-20/h2-15H,16-17H2,1H3,(H,23,25). The Morgan fingerprint density at radius 3 is 2.10 bits per heavy atom. The van der Waals surface area contributed by atoms with Crippen molar-refractivity contribution in [3.8, 4) is 5.75 Å². The molecule has 0 radical (unpaired) electrons. The molecular formula is C22H22N2O4S. The van der Waals surface area contributed by atoms with Crippen molar-refractivity contribution in [2.45, 2.75) is 4.90 Å². The van der Waals surface area contributed by atoms with Gasteiger partial charge in [0.15, 0.2) is 0 Å². The van der Waals surface area contributed by atoms with Crippen LogP contribution in [-0.2, 0) is 10.0 Å². The largest absolute Gasteiger partial charge is 0.492 e. The highest BCUT2D eigenvalue weighted by molar-refractivity contribution is 7.92. The molecule has 0 bridgehead atoms. The number of sulfonamides is 1. The number of amides is 1. The Morgan fingerprint density at radius 1 is 0.897 bits per heavy atom. The zero-order valence-corrected chi connectivity index (χ0v) is 16.8. The summed E-state index contributed by atoms with van der Waals surface area (Å²) in [5, 5.41) is 2.75. The highest BCUT2D eigenvalue weighted by atomic mass is 32.2. The first-order chi connectivity index (χ1) is 14.0. The Morgan fingerprint density at radius 2 is 1.48 bits per heavy atom. The third-order valence-electron chi connectivity index (χ3n) is 4.29. The van der Waals surface area contributed by atoms with Crippen molar-refractivity contribution >= 4 is 21.6 Å². The number of nitrogens with zero attached hydrogens (tertiary/aromatic N) is 1. The molecule has 1 amide bonds. The third kappa shape index (κ3) is 5.14. The molecular weight excluding hydrogens is 388 g/mol. The number of anilines is 1. The Bertz CT molecular complexity index is 1040. The van der Waals surface area contributed by atoms with Gasteiger partial charge >= 0.3 is 0 Å². The second-order valence-electron chi connectivity index (χ2n) is 6.25. The van der Waals surface area contributed by atoms with Gasteiger partial charge in [-0.25, -0.2) is 8.42 Å². The Labute approximate surface area is 170 Å². The van der Waals surface area contributed by atoms with Gasteiger partial charge in [0.05, 0.1) is 17.1 Å². The van der Waals surface area contributed by atoms with Crippen LogP contribution in [0.1, 0.15) is 10.4 Å². The smallest absolute Gasteiger partial charge is 0.264 e. The molecule has 150 valence electrons. The fourth-order valence-corrected chi connectivity index (χ4v) is 3.86. The Balaban J connectivity index is 1.58. The molecule has 0 aliphatic carbocycles. The van der Waals surface area contributed by atoms with E-state index in [4.69, 9.17) is 4.74 Å². The summed E-state index contributed by atoms with van der Waals surface area (Å²) in [5.74, 6) is 0.445. The van der Waals surface area contributed by atoms with Crippen LogP contribution in [-0.4, -0.2) is 34.5 Å². The molecule has 29 heavy (non-hydrogen) atoms. The van der Waals surface area contributed by atoms with Crippen LogP contribution in [0.25, 0.3) is 0 Å². The fraction of sp³-hybridized carbons (Fsp3) is 0.136. The topological polar surface area (TPSA) is 75.7 Å². The number of hydrogen-bond donors (Lipinski definition) is 1. The average Bonchev–Trinajstić information content (AvgIpc) is 2.77. The number of carbonyl (C=O) groups excluding carboxylic acids is 1. The summed E-state index contributed by atoms with van der Waals surface area (Å²) < 4.78 is 32.3. The lowest BCUT2D eigenvalue weighted by molar-refractivity contribution is 0.0947. The summed E-state index contributed by atoms with van der Waals surface area (Å²) in [6.45, 7) is 0.675. The van der Waals surface area contributed by atoms with Crippen molar-refractivity contribution in [2.75, 3.05) is 24.5 Å². The first kappa shape index (κ1) is 20.4. The van der Waals surface area contributed by atoms with E-state index < -0.39 is 10.0 Å². The van der Waals surface area contributed by atoms with Gasteiger partial charge in [0.25, 0.3) is 15.9 Å². The van der Waals surface area contributed by atoms with Crippen LogP contribution >= 0.6 is 0 Å². The van der Waals surface area contributed by atoms with E-state index in [0.29, 0.717) is 24.4 Å². The lowest BCUT2D eigenvalue weighted by atomic mass is 10.2. The summed E-state index contributed by atoms with van der Waals surface area (Å²) in [5.41, 5.74) is 0.943. The summed E-state index contributed by atoms with van der Waals surface area (Å²) in [7, 11) is -2.21. The third-order valence-corrected chi connectivity index (χ3v) is 6.09. The molecule has 0 saturated heterocycles. The van der Waals surface area contributed by atoms with E-state index in [1.807, 2.05) is 36.4 Å². The minimum absolute atomic E-state index is 0.118. The summed E-state index contributed by atoms with van der Waals surface area (Å²) in [4.78, 5) is 12.4. The van der Waals surface area contributed by atoms with E-state index >= 15 is 0 Å². The number of nitrogens with one attached hydrogen (secondary N) is 1. The van der Waals surface area contributed by atoms with Crippen LogP contribution in [0.5, 0.6) is 5.75 Å². The van der Waals surface area contributed by atoms with Crippen LogP contribution in [0.3, 0.4) is 0 Å². The minimum Gasteiger partial charge on any atom is -0.492 e. The first-order valence-electron chi connectivity index (χ1n) is 9.08. The predicted molar refractivity (Wildman–Crippen MR) is 113 cm³/mol. The highest BCUT2D eigenvalue weighted by Crippen LogP contribution is 2.21. The number of benzene rings is 3. The maximum atomic E-state index is 12.8. The van der Waals surface area contributed by atoms with Crippen LogP contribution in [0.15, 0.2) is 89.8 Å². The summed E-state index contributed by atoms with van der Waals surface area (Å²) in [6.07, 6.45) is 0. The maximum Gasteiger partial charge on any atom is 0.264 e. The van der Waals surface area contributed by atoms with Gasteiger partial charge in [0, 0.05) is 12.6 Å². The number of rotatable bonds is 8. The average molecular weight is 410 g/mol. The van der Waals surface area contributed by atoms with Crippen LogP contribution < -0.4 is 14.4 Å². The molecule has 0 heterocycles. The second-order valence-corrected chi connectivity index (χ2v) is 8.22. The molecule has 3 rings (SSSR count). The van der Waals surface area contributed by atoms with Gasteiger partial charge in [-0.2, -0.15) is 0 Å². The van der Waals surface area contributed by atoms with Gasteiger partial charge in [-0.3, -0.25) is 9.10 Å². The summed E-state index contributed by atoms with van der Waals surface area (Å²) >= 11 is 0. The molecule has 1 N–H and O–H groups in total. The van der Waals surface area contributed by atoms with Gasteiger partial charge in [0.2, 0.25) is 0 Å². The molecule has 0 aromatic heterocycles. The fourth-order valence-electron chi connectivity index (χ4n) is 2.67. The van der Waals surface area contributed by atoms with Gasteiger partial charge in [-0.05, 0) is 48.5 Å². The van der Waals surface area contributed by atoms with E-state index in [2.05, 4.69) is 5.32 Å². The van der Waals surface area contributed by atoms with Gasteiger partial charge in [0.1, 0.15) is 12.4 Å². The van der Waals surface area contributed by atoms with Gasteiger partial charge < -0.3 is 10.1 Å². The Hall–Kier alpha value is -3.32. The SMILES string of the molecule is CN(c1ccccc1)S(=O)(=O)c1ccc(C(=O)NCCOc2ccccc2)cc1. The van der Waals surface area contributed by atoms with Crippen molar-refractivity contribution in [3.63, 3.8) is 0 Å². The van der Waals surface area contributed by atoms with Crippen LogP contribution in [0, 0.1) is 0 Å². The monoisotopic (exact) mass is 410 g/mol. The highest BCUT2D eigenvalue weighted by Gasteiger charge is 2.21. The van der Waals surface area contributed by atoms with Gasteiger partial charge in [-0.1, -0.05) is 36.4 Å². The molecule has 0 aliphatic rings. The van der Waals surface area contributed by atoms with E-state index in [0.717, 1.165) is 5.75 Å². The van der Waals surface area contributed by atoms with E-state index in [1.54, 1.807) is 24.3 Å². The van der Waals surface area contributed by atoms with Gasteiger partial charge in [-0.15, -0.1) is 0 Å². The molecule has 3 aromatic carbocycles. The number of para-hydroxylation sites is 2. The zero-order chi connectivity index (χ0) is 20.7. The quantitative estimate of drug-likeness (QED) is 0.578. The minimum atomic E-state index is -3.70. The van der Waals surface area contributed by atoms with Crippen molar-refractivity contribution in [1.82, 2.24) is 5.32 Å². The molecule has 3 aromatic rings. The van der Waals surface area contributed by atoms with Crippen molar-refractivity contribution < 1.29 is 17.9 Å². The first-order valence-corrected chi connectivity index (χ1v) is 10.5. The number of ether oxygens (including phenoxy) is 1. The molecule has 6 nitrogen and oxygen atoms in total. The second kappa shape index (κ2) is 9.25. The lowest BCUT2D eigenvalue weighted by Gasteiger charge is -2.19. The van der Waals surface area contributed by atoms with E-state index in [1.165, 1.54) is 35.6 Å². The maximum absolute atomic E-state index is 12.8. The zero-order valence-electron chi connectivity index (χ0n) is 16.0. The van der Waals surface area contributed by atoms with Crippen molar-refractivity contribution in [2.24, 2.45) is 0 Å². The van der Waals surface area contributed by atoms with Crippen molar-refractivity contribution in [1.29, 1.82) is 0 Å². The molecule has 0 fully saturated rings. The molecule has 0 spiro atoms. The number of carbonyl (C=O) groups is 1. The molecule has 0 aliphatic heterocycles. The predicted octanol–water partition coefficient (Wildman–Crippen LogP) is 3.32. The van der Waals surface area contributed by atoms with E-state index in [-0.39, 0.29) is 10.8 Å². The lowest BCUT2D eigenvalue weighted by Crippen LogP contribution is -2.28. The summed E-state index contributed by atoms with van der Waals surface area (Å²) in [6, 6.07) is 24.0. The van der Waals surface area contributed by atoms with Crippen molar-refractivity contribution in [3.05, 3.63) is 90.5 Å². The number of hydrogen-bond acceptors (Lipinski definition) is 4. The van der Waals surface area contributed by atoms with E-state index in [9.17, 15) is 13.2 Å². The molecule has 0 unspecified atom stereocenters. The normalized spacial score (nSPS) is 10.9. The van der Waals surface area contributed by atoms with Crippen LogP contribution in [0.2, 0.25) is 0 Å². The molecule has 7 heteroatoms.